The van der Waals surface area contributed by atoms with Crippen LogP contribution in [0.4, 0.5) is 11.4 Å². The van der Waals surface area contributed by atoms with Crippen molar-refractivity contribution in [3.8, 4) is 28.9 Å². The van der Waals surface area contributed by atoms with E-state index >= 15 is 0 Å². The molecule has 0 bridgehead atoms. The zero-order chi connectivity index (χ0) is 50.5. The van der Waals surface area contributed by atoms with E-state index in [1.54, 1.807) is 47.4 Å². The quantitative estimate of drug-likeness (QED) is 0.124. The third-order valence-electron chi connectivity index (χ3n) is 15.2. The van der Waals surface area contributed by atoms with Gasteiger partial charge in [0.05, 0.1) is 44.1 Å². The summed E-state index contributed by atoms with van der Waals surface area (Å²) in [6.45, 7) is 5.83. The average Bonchev–Trinajstić information content (AvgIpc) is 4.28. The molecule has 15 nitrogen and oxygen atoms in total. The lowest BCUT2D eigenvalue weighted by Crippen LogP contribution is -2.26. The van der Waals surface area contributed by atoms with Crippen molar-refractivity contribution in [2.75, 3.05) is 24.0 Å². The molecule has 6 aliphatic rings. The summed E-state index contributed by atoms with van der Waals surface area (Å²) >= 11 is 0. The number of benzene rings is 4. The first kappa shape index (κ1) is 47.4. The minimum absolute atomic E-state index is 0.00208. The number of aromatic nitrogens is 2. The standard InChI is InChI=1S/C29H29N3O5.C29H29N3O4/c1-17-22-9-7-18(15-31-16-19-14-30-27(33)13-23(19)28(31)34)11-24(22)29(35)32(17)20-8-10-25(36-2)26(12-20)37-21-5-3-4-6-21;1-18-23-9-7-19(16-31-17-20-15-30-12-11-24(20)28(31)33)13-25(23)29(34)32(18)21-8-10-26(35-2)27(14-21)36-22-5-3-4-6-22/h7-14,17,21H,3-6,15-16H2,1-2H3,(H,30,33);7-15,18,22H,3-6,16-17H2,1-2H3. The van der Waals surface area contributed by atoms with Crippen LogP contribution in [0.1, 0.15) is 152 Å². The maximum Gasteiger partial charge on any atom is 0.259 e. The van der Waals surface area contributed by atoms with Crippen molar-refractivity contribution in [1.82, 2.24) is 19.8 Å². The van der Waals surface area contributed by atoms with E-state index in [1.165, 1.54) is 37.9 Å². The number of aromatic hydroxyl groups is 1. The van der Waals surface area contributed by atoms with Crippen LogP contribution in [0.15, 0.2) is 104 Å². The van der Waals surface area contributed by atoms with Crippen LogP contribution in [-0.2, 0) is 26.2 Å². The van der Waals surface area contributed by atoms with E-state index in [4.69, 9.17) is 18.9 Å². The Balaban J connectivity index is 0.000000157. The van der Waals surface area contributed by atoms with Gasteiger partial charge in [0.15, 0.2) is 23.0 Å². The Bertz CT molecular complexity index is 3170. The first-order valence-corrected chi connectivity index (χ1v) is 25.3. The lowest BCUT2D eigenvalue weighted by atomic mass is 10.0. The van der Waals surface area contributed by atoms with Crippen LogP contribution >= 0.6 is 0 Å². The highest BCUT2D eigenvalue weighted by molar-refractivity contribution is 6.12. The summed E-state index contributed by atoms with van der Waals surface area (Å²) in [6.07, 6.45) is 14.1. The van der Waals surface area contributed by atoms with E-state index in [1.807, 2.05) is 91.5 Å². The van der Waals surface area contributed by atoms with E-state index in [0.717, 1.165) is 70.4 Å². The average molecular weight is 983 g/mol. The van der Waals surface area contributed by atoms with E-state index in [0.29, 0.717) is 71.4 Å². The number of hydrogen-bond donors (Lipinski definition) is 1. The van der Waals surface area contributed by atoms with Gasteiger partial charge in [-0.15, -0.1) is 0 Å². The molecule has 1 N–H and O–H groups in total. The van der Waals surface area contributed by atoms with Crippen LogP contribution in [0.5, 0.6) is 28.9 Å². The lowest BCUT2D eigenvalue weighted by molar-refractivity contribution is 0.0759. The van der Waals surface area contributed by atoms with Crippen molar-refractivity contribution < 1.29 is 43.2 Å². The first-order chi connectivity index (χ1) is 35.5. The Kier molecular flexibility index (Phi) is 12.7. The highest BCUT2D eigenvalue weighted by Gasteiger charge is 2.38. The van der Waals surface area contributed by atoms with Gasteiger partial charge in [-0.2, -0.15) is 0 Å². The molecule has 6 heterocycles. The summed E-state index contributed by atoms with van der Waals surface area (Å²) < 4.78 is 23.6. The summed E-state index contributed by atoms with van der Waals surface area (Å²) in [5, 5.41) is 9.65. The molecule has 2 atom stereocenters. The van der Waals surface area contributed by atoms with Gasteiger partial charge in [-0.05, 0) is 130 Å². The SMILES string of the molecule is COc1ccc(N2C(=O)c3cc(CN4Cc5cnc(O)cc5C4=O)ccc3C2C)cc1OC1CCCC1.COc1ccc(N2C(=O)c3cc(CN4Cc5cnccc5C4=O)ccc3C2C)cc1OC1CCCC1. The fourth-order valence-electron chi connectivity index (χ4n) is 11.4. The molecule has 2 saturated carbocycles. The second kappa shape index (κ2) is 19.6. The molecule has 2 aromatic heterocycles. The topological polar surface area (TPSA) is 164 Å². The Labute approximate surface area is 424 Å². The smallest absolute Gasteiger partial charge is 0.259 e. The van der Waals surface area contributed by atoms with Crippen LogP contribution in [0.3, 0.4) is 0 Å². The molecular weight excluding hydrogens is 925 g/mol. The number of methoxy groups -OCH3 is 2. The molecule has 4 aliphatic heterocycles. The van der Waals surface area contributed by atoms with E-state index in [-0.39, 0.29) is 53.8 Å². The van der Waals surface area contributed by atoms with E-state index < -0.39 is 0 Å². The summed E-state index contributed by atoms with van der Waals surface area (Å²) in [5.41, 5.74) is 9.53. The maximum atomic E-state index is 13.6. The first-order valence-electron chi connectivity index (χ1n) is 25.3. The number of amides is 4. The van der Waals surface area contributed by atoms with Gasteiger partial charge in [0.2, 0.25) is 5.88 Å². The third-order valence-corrected chi connectivity index (χ3v) is 15.2. The minimum Gasteiger partial charge on any atom is -0.493 e. The second-order valence-electron chi connectivity index (χ2n) is 19.8. The molecule has 2 unspecified atom stereocenters. The highest BCUT2D eigenvalue weighted by atomic mass is 16.5. The van der Waals surface area contributed by atoms with Gasteiger partial charge in [-0.1, -0.05) is 24.3 Å². The van der Waals surface area contributed by atoms with Gasteiger partial charge in [0.1, 0.15) is 0 Å². The molecule has 2 fully saturated rings. The van der Waals surface area contributed by atoms with E-state index in [9.17, 15) is 24.3 Å². The van der Waals surface area contributed by atoms with Crippen LogP contribution in [0.2, 0.25) is 0 Å². The molecule has 0 radical (unpaired) electrons. The van der Waals surface area contributed by atoms with Crippen molar-refractivity contribution in [3.63, 3.8) is 0 Å². The van der Waals surface area contributed by atoms with Crippen molar-refractivity contribution >= 4 is 35.0 Å². The van der Waals surface area contributed by atoms with Crippen molar-refractivity contribution in [2.45, 2.75) is 116 Å². The number of fused-ring (bicyclic) bond motifs is 4. The molecule has 4 aromatic carbocycles. The van der Waals surface area contributed by atoms with Crippen LogP contribution in [0, 0.1) is 0 Å². The molecule has 6 aromatic rings. The molecule has 15 heteroatoms. The second-order valence-corrected chi connectivity index (χ2v) is 19.8. The fraction of sp³-hybridized carbons (Fsp3) is 0.345. The maximum absolute atomic E-state index is 13.6. The Morgan fingerprint density at radius 2 is 1.01 bits per heavy atom. The summed E-state index contributed by atoms with van der Waals surface area (Å²) in [6, 6.07) is 26.1. The minimum atomic E-state index is -0.165. The largest absolute Gasteiger partial charge is 0.493 e. The number of rotatable bonds is 12. The van der Waals surface area contributed by atoms with Gasteiger partial charge in [-0.3, -0.25) is 24.2 Å². The predicted molar refractivity (Wildman–Crippen MR) is 272 cm³/mol. The summed E-state index contributed by atoms with van der Waals surface area (Å²) in [7, 11) is 3.26. The van der Waals surface area contributed by atoms with Crippen LogP contribution < -0.4 is 28.7 Å². The zero-order valence-corrected chi connectivity index (χ0v) is 41.5. The van der Waals surface area contributed by atoms with Crippen LogP contribution in [0.25, 0.3) is 0 Å². The molecule has 73 heavy (non-hydrogen) atoms. The third kappa shape index (κ3) is 8.95. The number of carbonyl (C=O) groups excluding carboxylic acids is 4. The number of anilines is 2. The van der Waals surface area contributed by atoms with Gasteiger partial charge in [0.25, 0.3) is 23.6 Å². The lowest BCUT2D eigenvalue weighted by Gasteiger charge is -2.24. The number of hydrogen-bond acceptors (Lipinski definition) is 11. The Hall–Kier alpha value is -7.94. The fourth-order valence-corrected chi connectivity index (χ4v) is 11.4. The van der Waals surface area contributed by atoms with Gasteiger partial charge >= 0.3 is 0 Å². The predicted octanol–water partition coefficient (Wildman–Crippen LogP) is 10.3. The molecule has 2 aliphatic carbocycles. The normalized spacial score (nSPS) is 19.0. The zero-order valence-electron chi connectivity index (χ0n) is 41.5. The molecule has 12 rings (SSSR count). The van der Waals surface area contributed by atoms with Crippen molar-refractivity contribution in [1.29, 1.82) is 0 Å². The number of pyridine rings is 2. The van der Waals surface area contributed by atoms with Crippen molar-refractivity contribution in [3.05, 3.63) is 159 Å². The van der Waals surface area contributed by atoms with Gasteiger partial charge < -0.3 is 43.7 Å². The molecule has 4 amide bonds. The number of ether oxygens (including phenoxy) is 4. The Morgan fingerprint density at radius 1 is 0.534 bits per heavy atom. The molecule has 0 spiro atoms. The highest BCUT2D eigenvalue weighted by Crippen LogP contribution is 2.44. The van der Waals surface area contributed by atoms with Gasteiger partial charge in [-0.25, -0.2) is 4.98 Å². The van der Waals surface area contributed by atoms with Gasteiger partial charge in [0, 0.05) is 102 Å². The summed E-state index contributed by atoms with van der Waals surface area (Å²) in [5.74, 6) is 2.25. The van der Waals surface area contributed by atoms with E-state index in [2.05, 4.69) is 9.97 Å². The molecule has 374 valence electrons. The van der Waals surface area contributed by atoms with Crippen molar-refractivity contribution in [2.24, 2.45) is 0 Å². The Morgan fingerprint density at radius 3 is 1.49 bits per heavy atom. The molecular formula is C58H58N6O9. The summed E-state index contributed by atoms with van der Waals surface area (Å²) in [4.78, 5) is 68.0. The monoisotopic (exact) mass is 982 g/mol. The number of carbonyl (C=O) groups is 4. The molecule has 0 saturated heterocycles. The number of nitrogens with zero attached hydrogens (tertiary/aromatic N) is 6. The van der Waals surface area contributed by atoms with Crippen LogP contribution in [-0.4, -0.2) is 74.9 Å².